The maximum atomic E-state index is 3.53. The Morgan fingerprint density at radius 3 is 2.65 bits per heavy atom. The summed E-state index contributed by atoms with van der Waals surface area (Å²) in [5.74, 6) is 1.01. The molecular formula is C17H28N2S. The Hall–Kier alpha value is -0.380. The molecule has 2 aliphatic carbocycles. The van der Waals surface area contributed by atoms with Crippen LogP contribution in [-0.2, 0) is 13.1 Å². The molecule has 0 unspecified atom stereocenters. The normalized spacial score (nSPS) is 19.2. The Morgan fingerprint density at radius 1 is 1.30 bits per heavy atom. The fourth-order valence-corrected chi connectivity index (χ4v) is 3.77. The van der Waals surface area contributed by atoms with E-state index in [4.69, 9.17) is 0 Å². The Labute approximate surface area is 127 Å². The molecule has 3 rings (SSSR count). The van der Waals surface area contributed by atoms with Crippen LogP contribution in [-0.4, -0.2) is 23.5 Å². The van der Waals surface area contributed by atoms with Gasteiger partial charge in [-0.05, 0) is 50.2 Å². The van der Waals surface area contributed by atoms with E-state index in [1.165, 1.54) is 48.5 Å². The van der Waals surface area contributed by atoms with Crippen LogP contribution < -0.4 is 5.32 Å². The number of hydrogen-bond acceptors (Lipinski definition) is 3. The van der Waals surface area contributed by atoms with E-state index in [0.29, 0.717) is 6.04 Å². The number of rotatable bonds is 8. The summed E-state index contributed by atoms with van der Waals surface area (Å²) in [6.07, 6.45) is 5.79. The SMILES string of the molecule is Cc1sc(CNC(C)C)cc1CN(CC1CC1)C1CC1. The standard InChI is InChI=1S/C17H28N2S/c1-12(2)18-9-17-8-15(13(3)20-17)11-19(16-6-7-16)10-14-4-5-14/h8,12,14,16,18H,4-7,9-11H2,1-3H3. The molecule has 2 saturated carbocycles. The van der Waals surface area contributed by atoms with Crippen molar-refractivity contribution in [1.29, 1.82) is 0 Å². The predicted molar refractivity (Wildman–Crippen MR) is 87.2 cm³/mol. The van der Waals surface area contributed by atoms with Gasteiger partial charge in [-0.2, -0.15) is 0 Å². The van der Waals surface area contributed by atoms with Gasteiger partial charge in [0.25, 0.3) is 0 Å². The molecule has 1 aromatic rings. The highest BCUT2D eigenvalue weighted by molar-refractivity contribution is 7.12. The molecule has 0 radical (unpaired) electrons. The van der Waals surface area contributed by atoms with Gasteiger partial charge < -0.3 is 5.32 Å². The number of nitrogens with one attached hydrogen (secondary N) is 1. The lowest BCUT2D eigenvalue weighted by atomic mass is 10.2. The van der Waals surface area contributed by atoms with E-state index >= 15 is 0 Å². The van der Waals surface area contributed by atoms with Crippen molar-refractivity contribution < 1.29 is 0 Å². The van der Waals surface area contributed by atoms with Gasteiger partial charge in [-0.25, -0.2) is 0 Å². The van der Waals surface area contributed by atoms with Crippen LogP contribution in [0.1, 0.15) is 54.8 Å². The minimum Gasteiger partial charge on any atom is -0.310 e. The molecule has 2 fully saturated rings. The van der Waals surface area contributed by atoms with E-state index in [0.717, 1.165) is 18.5 Å². The molecular weight excluding hydrogens is 264 g/mol. The summed E-state index contributed by atoms with van der Waals surface area (Å²) in [6, 6.07) is 3.91. The Bertz CT molecular complexity index is 444. The zero-order chi connectivity index (χ0) is 14.1. The highest BCUT2D eigenvalue weighted by atomic mass is 32.1. The molecule has 3 heteroatoms. The second-order valence-corrected chi connectivity index (χ2v) is 8.27. The third kappa shape index (κ3) is 4.06. The van der Waals surface area contributed by atoms with Crippen molar-refractivity contribution >= 4 is 11.3 Å². The quantitative estimate of drug-likeness (QED) is 0.781. The van der Waals surface area contributed by atoms with E-state index in [1.54, 1.807) is 5.56 Å². The summed E-state index contributed by atoms with van der Waals surface area (Å²) in [7, 11) is 0. The Balaban J connectivity index is 1.59. The minimum absolute atomic E-state index is 0.568. The first kappa shape index (κ1) is 14.6. The molecule has 2 nitrogen and oxygen atoms in total. The largest absolute Gasteiger partial charge is 0.310 e. The average molecular weight is 292 g/mol. The molecule has 1 N–H and O–H groups in total. The Morgan fingerprint density at radius 2 is 2.05 bits per heavy atom. The number of aryl methyl sites for hydroxylation is 1. The van der Waals surface area contributed by atoms with Crippen molar-refractivity contribution in [3.63, 3.8) is 0 Å². The smallest absolute Gasteiger partial charge is 0.0302 e. The van der Waals surface area contributed by atoms with Crippen molar-refractivity contribution in [1.82, 2.24) is 10.2 Å². The van der Waals surface area contributed by atoms with Crippen molar-refractivity contribution in [2.45, 2.75) is 71.6 Å². The van der Waals surface area contributed by atoms with Crippen LogP contribution in [0.3, 0.4) is 0 Å². The number of thiophene rings is 1. The third-order valence-electron chi connectivity index (χ3n) is 4.38. The van der Waals surface area contributed by atoms with E-state index in [-0.39, 0.29) is 0 Å². The molecule has 0 atom stereocenters. The molecule has 1 heterocycles. The summed E-state index contributed by atoms with van der Waals surface area (Å²) < 4.78 is 0. The van der Waals surface area contributed by atoms with Gasteiger partial charge in [-0.15, -0.1) is 11.3 Å². The van der Waals surface area contributed by atoms with Crippen LogP contribution in [0.15, 0.2) is 6.07 Å². The summed E-state index contributed by atoms with van der Waals surface area (Å²) in [6.45, 7) is 10.3. The van der Waals surface area contributed by atoms with Crippen LogP contribution in [0.5, 0.6) is 0 Å². The van der Waals surface area contributed by atoms with Crippen molar-refractivity contribution in [3.05, 3.63) is 21.4 Å². The van der Waals surface area contributed by atoms with Gasteiger partial charge in [-0.3, -0.25) is 4.90 Å². The molecule has 0 spiro atoms. The highest BCUT2D eigenvalue weighted by Crippen LogP contribution is 2.36. The monoisotopic (exact) mass is 292 g/mol. The fraction of sp³-hybridized carbons (Fsp3) is 0.765. The molecule has 0 bridgehead atoms. The van der Waals surface area contributed by atoms with Crippen molar-refractivity contribution in [3.8, 4) is 0 Å². The molecule has 2 aliphatic rings. The fourth-order valence-electron chi connectivity index (χ4n) is 2.77. The maximum absolute atomic E-state index is 3.53. The van der Waals surface area contributed by atoms with Crippen LogP contribution in [0, 0.1) is 12.8 Å². The maximum Gasteiger partial charge on any atom is 0.0302 e. The van der Waals surface area contributed by atoms with Gasteiger partial charge in [0.05, 0.1) is 0 Å². The van der Waals surface area contributed by atoms with Gasteiger partial charge in [0, 0.05) is 41.5 Å². The van der Waals surface area contributed by atoms with Crippen molar-refractivity contribution in [2.24, 2.45) is 5.92 Å². The van der Waals surface area contributed by atoms with Gasteiger partial charge in [0.1, 0.15) is 0 Å². The molecule has 0 aliphatic heterocycles. The average Bonchev–Trinajstić information content (AvgIpc) is 3.27. The van der Waals surface area contributed by atoms with E-state index in [2.05, 4.69) is 37.1 Å². The van der Waals surface area contributed by atoms with Crippen LogP contribution in [0.2, 0.25) is 0 Å². The topological polar surface area (TPSA) is 15.3 Å². The first-order valence-corrected chi connectivity index (χ1v) is 8.99. The zero-order valence-electron chi connectivity index (χ0n) is 13.1. The highest BCUT2D eigenvalue weighted by Gasteiger charge is 2.33. The first-order chi connectivity index (χ1) is 9.61. The second-order valence-electron chi connectivity index (χ2n) is 6.93. The van der Waals surface area contributed by atoms with E-state index in [9.17, 15) is 0 Å². The molecule has 0 amide bonds. The second kappa shape index (κ2) is 6.17. The summed E-state index contributed by atoms with van der Waals surface area (Å²) in [5.41, 5.74) is 1.57. The van der Waals surface area contributed by atoms with Gasteiger partial charge in [0.2, 0.25) is 0 Å². The van der Waals surface area contributed by atoms with Crippen LogP contribution >= 0.6 is 11.3 Å². The summed E-state index contributed by atoms with van der Waals surface area (Å²) in [5, 5.41) is 3.53. The van der Waals surface area contributed by atoms with E-state index in [1.807, 2.05) is 11.3 Å². The number of nitrogens with zero attached hydrogens (tertiary/aromatic N) is 1. The summed E-state index contributed by atoms with van der Waals surface area (Å²) in [4.78, 5) is 5.77. The Kier molecular flexibility index (Phi) is 4.49. The van der Waals surface area contributed by atoms with Crippen LogP contribution in [0.25, 0.3) is 0 Å². The predicted octanol–water partition coefficient (Wildman–Crippen LogP) is 3.93. The minimum atomic E-state index is 0.568. The molecule has 112 valence electrons. The molecule has 0 saturated heterocycles. The zero-order valence-corrected chi connectivity index (χ0v) is 13.9. The lowest BCUT2D eigenvalue weighted by Crippen LogP contribution is -2.27. The lowest BCUT2D eigenvalue weighted by Gasteiger charge is -2.21. The third-order valence-corrected chi connectivity index (χ3v) is 5.48. The van der Waals surface area contributed by atoms with Gasteiger partial charge >= 0.3 is 0 Å². The summed E-state index contributed by atoms with van der Waals surface area (Å²) >= 11 is 1.98. The lowest BCUT2D eigenvalue weighted by molar-refractivity contribution is 0.244. The van der Waals surface area contributed by atoms with Gasteiger partial charge in [-0.1, -0.05) is 13.8 Å². The van der Waals surface area contributed by atoms with Crippen molar-refractivity contribution in [2.75, 3.05) is 6.54 Å². The number of hydrogen-bond donors (Lipinski definition) is 1. The van der Waals surface area contributed by atoms with Crippen LogP contribution in [0.4, 0.5) is 0 Å². The first-order valence-electron chi connectivity index (χ1n) is 8.17. The molecule has 20 heavy (non-hydrogen) atoms. The molecule has 1 aromatic heterocycles. The van der Waals surface area contributed by atoms with Gasteiger partial charge in [0.15, 0.2) is 0 Å². The van der Waals surface area contributed by atoms with E-state index < -0.39 is 0 Å². The molecule has 0 aromatic carbocycles.